The molecule has 42 heavy (non-hydrogen) atoms. The van der Waals surface area contributed by atoms with Crippen LogP contribution in [0.2, 0.25) is 0 Å². The minimum atomic E-state index is -0.229. The Hall–Kier alpha value is -5.08. The largest absolute Gasteiger partial charge is 0.352 e. The molecule has 3 N–H and O–H groups in total. The summed E-state index contributed by atoms with van der Waals surface area (Å²) in [6.45, 7) is 0.560. The normalized spacial score (nSPS) is 10.6. The average Bonchev–Trinajstić information content (AvgIpc) is 3.77. The fraction of sp³-hybridized carbons (Fsp3) is 0.194. The summed E-state index contributed by atoms with van der Waals surface area (Å²) in [5.41, 5.74) is 5.31. The monoisotopic (exact) mass is 578 g/mol. The number of nitrogens with one attached hydrogen (secondary N) is 3. The molecule has 0 spiro atoms. The van der Waals surface area contributed by atoms with E-state index in [1.807, 2.05) is 68.0 Å². The number of carbonyl (C=O) groups is 2. The standard InChI is InChI=1S/C31H30N8O2S/c1-38-15-13-28(37-38)21-42-29-12-9-25(30(40)32-14-3-4-23-17-33-34-18-23)16-24(29)8-5-22-6-10-27(11-7-22)36-31(41)26-19-35-39(2)20-26/h6-7,9-13,15-20H,3-4,14,21H2,1-2H3,(H,32,40)(H,33,34)(H,36,41). The number of rotatable bonds is 10. The number of aromatic nitrogens is 6. The van der Waals surface area contributed by atoms with Gasteiger partial charge in [-0.05, 0) is 66.9 Å². The highest BCUT2D eigenvalue weighted by Gasteiger charge is 2.11. The second-order valence-corrected chi connectivity index (χ2v) is 10.6. The van der Waals surface area contributed by atoms with Crippen LogP contribution in [-0.2, 0) is 26.3 Å². The Labute approximate surface area is 247 Å². The van der Waals surface area contributed by atoms with Gasteiger partial charge in [-0.15, -0.1) is 11.8 Å². The molecule has 0 bridgehead atoms. The number of amides is 2. The van der Waals surface area contributed by atoms with Gasteiger partial charge in [0.25, 0.3) is 11.8 Å². The minimum absolute atomic E-state index is 0.139. The van der Waals surface area contributed by atoms with Crippen LogP contribution in [0.1, 0.15) is 49.5 Å². The lowest BCUT2D eigenvalue weighted by Gasteiger charge is -2.08. The molecule has 3 aromatic heterocycles. The van der Waals surface area contributed by atoms with Gasteiger partial charge in [0, 0.05) is 72.3 Å². The molecular formula is C31H30N8O2S. The first-order valence-electron chi connectivity index (χ1n) is 13.4. The molecule has 0 fully saturated rings. The summed E-state index contributed by atoms with van der Waals surface area (Å²) in [5.74, 6) is 6.77. The van der Waals surface area contributed by atoms with Gasteiger partial charge in [0.2, 0.25) is 0 Å². The molecule has 0 saturated carbocycles. The predicted octanol–water partition coefficient (Wildman–Crippen LogP) is 4.18. The lowest BCUT2D eigenvalue weighted by Crippen LogP contribution is -2.24. The number of aromatic amines is 1. The Bertz CT molecular complexity index is 1730. The van der Waals surface area contributed by atoms with Gasteiger partial charge in [-0.25, -0.2) is 0 Å². The van der Waals surface area contributed by atoms with E-state index in [2.05, 4.69) is 42.9 Å². The van der Waals surface area contributed by atoms with Gasteiger partial charge in [0.1, 0.15) is 0 Å². The lowest BCUT2D eigenvalue weighted by molar-refractivity contribution is 0.0952. The van der Waals surface area contributed by atoms with Gasteiger partial charge in [-0.3, -0.25) is 24.1 Å². The van der Waals surface area contributed by atoms with Gasteiger partial charge in [-0.2, -0.15) is 15.3 Å². The van der Waals surface area contributed by atoms with Gasteiger partial charge in [0.05, 0.1) is 23.7 Å². The van der Waals surface area contributed by atoms with Crippen molar-refractivity contribution >= 4 is 29.3 Å². The number of anilines is 1. The van der Waals surface area contributed by atoms with E-state index in [4.69, 9.17) is 0 Å². The van der Waals surface area contributed by atoms with Gasteiger partial charge in [0.15, 0.2) is 0 Å². The zero-order chi connectivity index (χ0) is 29.3. The highest BCUT2D eigenvalue weighted by Crippen LogP contribution is 2.27. The van der Waals surface area contributed by atoms with E-state index >= 15 is 0 Å². The Morgan fingerprint density at radius 1 is 0.976 bits per heavy atom. The molecule has 3 heterocycles. The van der Waals surface area contributed by atoms with Crippen LogP contribution in [0.4, 0.5) is 5.69 Å². The maximum Gasteiger partial charge on any atom is 0.258 e. The third-order valence-corrected chi connectivity index (χ3v) is 7.43. The summed E-state index contributed by atoms with van der Waals surface area (Å²) in [6.07, 6.45) is 10.4. The van der Waals surface area contributed by atoms with Gasteiger partial charge >= 0.3 is 0 Å². The number of nitrogens with zero attached hydrogens (tertiary/aromatic N) is 5. The van der Waals surface area contributed by atoms with Crippen LogP contribution in [0.15, 0.2) is 84.4 Å². The molecule has 5 rings (SSSR count). The first-order valence-corrected chi connectivity index (χ1v) is 14.3. The van der Waals surface area contributed by atoms with Gasteiger partial charge < -0.3 is 10.6 Å². The van der Waals surface area contributed by atoms with Crippen LogP contribution in [0.5, 0.6) is 0 Å². The minimum Gasteiger partial charge on any atom is -0.352 e. The summed E-state index contributed by atoms with van der Waals surface area (Å²) in [7, 11) is 3.66. The van der Waals surface area contributed by atoms with Crippen molar-refractivity contribution in [2.24, 2.45) is 14.1 Å². The summed E-state index contributed by atoms with van der Waals surface area (Å²) in [4.78, 5) is 26.3. The van der Waals surface area contributed by atoms with Crippen molar-refractivity contribution in [3.05, 3.63) is 113 Å². The quantitative estimate of drug-likeness (QED) is 0.130. The SMILES string of the molecule is Cn1cc(C(=O)Nc2ccc(C#Cc3cc(C(=O)NCCCc4cn[nH]c4)ccc3SCc3ccn(C)n3)cc2)cn1. The summed E-state index contributed by atoms with van der Waals surface area (Å²) >= 11 is 1.62. The van der Waals surface area contributed by atoms with Crippen LogP contribution >= 0.6 is 11.8 Å². The smallest absolute Gasteiger partial charge is 0.258 e. The lowest BCUT2D eigenvalue weighted by atomic mass is 10.1. The van der Waals surface area contributed by atoms with E-state index in [0.717, 1.165) is 40.1 Å². The average molecular weight is 579 g/mol. The molecule has 212 valence electrons. The summed E-state index contributed by atoms with van der Waals surface area (Å²) < 4.78 is 3.36. The molecule has 11 heteroatoms. The van der Waals surface area contributed by atoms with Crippen LogP contribution in [0.3, 0.4) is 0 Å². The van der Waals surface area contributed by atoms with Crippen LogP contribution < -0.4 is 10.6 Å². The molecule has 0 aliphatic carbocycles. The Morgan fingerprint density at radius 2 is 1.83 bits per heavy atom. The van der Waals surface area contributed by atoms with Crippen LogP contribution in [0.25, 0.3) is 0 Å². The molecule has 0 atom stereocenters. The molecule has 0 radical (unpaired) electrons. The highest BCUT2D eigenvalue weighted by atomic mass is 32.2. The van der Waals surface area contributed by atoms with E-state index in [1.54, 1.807) is 40.6 Å². The number of hydrogen-bond donors (Lipinski definition) is 3. The first-order chi connectivity index (χ1) is 20.4. The number of benzene rings is 2. The molecule has 0 saturated heterocycles. The number of hydrogen-bond acceptors (Lipinski definition) is 6. The molecular weight excluding hydrogens is 548 g/mol. The van der Waals surface area contributed by atoms with E-state index in [-0.39, 0.29) is 11.8 Å². The number of H-pyrrole nitrogens is 1. The Morgan fingerprint density at radius 3 is 2.55 bits per heavy atom. The van der Waals surface area contributed by atoms with Crippen LogP contribution in [-0.4, -0.2) is 48.1 Å². The Kier molecular flexibility index (Phi) is 9.16. The van der Waals surface area contributed by atoms with Crippen molar-refractivity contribution < 1.29 is 9.59 Å². The molecule has 2 amide bonds. The van der Waals surface area contributed by atoms with E-state index < -0.39 is 0 Å². The van der Waals surface area contributed by atoms with Gasteiger partial charge in [-0.1, -0.05) is 11.8 Å². The third-order valence-electron chi connectivity index (χ3n) is 6.32. The molecule has 10 nitrogen and oxygen atoms in total. The highest BCUT2D eigenvalue weighted by molar-refractivity contribution is 7.98. The van der Waals surface area contributed by atoms with Crippen molar-refractivity contribution in [1.29, 1.82) is 0 Å². The fourth-order valence-corrected chi connectivity index (χ4v) is 5.00. The fourth-order valence-electron chi connectivity index (χ4n) is 4.12. The number of thioether (sulfide) groups is 1. The Balaban J connectivity index is 1.28. The first kappa shape index (κ1) is 28.4. The summed E-state index contributed by atoms with van der Waals surface area (Å²) in [5, 5.41) is 21.1. The van der Waals surface area contributed by atoms with Crippen molar-refractivity contribution in [1.82, 2.24) is 35.1 Å². The van der Waals surface area contributed by atoms with E-state index in [9.17, 15) is 9.59 Å². The molecule has 0 aliphatic rings. The third kappa shape index (κ3) is 7.77. The maximum absolute atomic E-state index is 12.9. The van der Waals surface area contributed by atoms with Crippen molar-refractivity contribution in [3.63, 3.8) is 0 Å². The number of aryl methyl sites for hydroxylation is 3. The predicted molar refractivity (Wildman–Crippen MR) is 162 cm³/mol. The molecule has 2 aromatic carbocycles. The molecule has 0 aliphatic heterocycles. The second kappa shape index (κ2) is 13.5. The van der Waals surface area contributed by atoms with Crippen molar-refractivity contribution in [2.75, 3.05) is 11.9 Å². The number of carbonyl (C=O) groups excluding carboxylic acids is 2. The second-order valence-electron chi connectivity index (χ2n) is 9.63. The van der Waals surface area contributed by atoms with Crippen molar-refractivity contribution in [3.8, 4) is 11.8 Å². The topological polar surface area (TPSA) is 123 Å². The van der Waals surface area contributed by atoms with Crippen molar-refractivity contribution in [2.45, 2.75) is 23.5 Å². The van der Waals surface area contributed by atoms with Crippen LogP contribution in [0, 0.1) is 11.8 Å². The van der Waals surface area contributed by atoms with E-state index in [1.165, 1.54) is 6.20 Å². The molecule has 0 unspecified atom stereocenters. The van der Waals surface area contributed by atoms with E-state index in [0.29, 0.717) is 29.1 Å². The zero-order valence-electron chi connectivity index (χ0n) is 23.3. The maximum atomic E-state index is 12.9. The summed E-state index contributed by atoms with van der Waals surface area (Å²) in [6, 6.07) is 14.9. The molecule has 5 aromatic rings. The zero-order valence-corrected chi connectivity index (χ0v) is 24.1.